The number of fused-ring (bicyclic) bond motifs is 1. The molecule has 0 atom stereocenters. The van der Waals surface area contributed by atoms with Gasteiger partial charge < -0.3 is 4.74 Å². The molecule has 0 unspecified atom stereocenters. The number of hydrogen-bond acceptors (Lipinski definition) is 3. The molecule has 0 radical (unpaired) electrons. The number of benzene rings is 1. The van der Waals surface area contributed by atoms with Crippen molar-refractivity contribution in [3.63, 3.8) is 0 Å². The van der Waals surface area contributed by atoms with Gasteiger partial charge in [0.2, 0.25) is 0 Å². The van der Waals surface area contributed by atoms with Crippen LogP contribution in [-0.4, -0.2) is 12.5 Å². The Morgan fingerprint density at radius 2 is 2.17 bits per heavy atom. The Bertz CT molecular complexity index is 325. The molecular weight excluding hydrogens is 156 g/mol. The van der Waals surface area contributed by atoms with Gasteiger partial charge in [-0.05, 0) is 12.1 Å². The van der Waals surface area contributed by atoms with Crippen LogP contribution < -0.4 is 15.6 Å². The van der Waals surface area contributed by atoms with Gasteiger partial charge in [0.1, 0.15) is 11.4 Å². The zero-order chi connectivity index (χ0) is 8.55. The maximum atomic E-state index is 11.0. The highest BCUT2D eigenvalue weighted by Crippen LogP contribution is 2.28. The van der Waals surface area contributed by atoms with Crippen molar-refractivity contribution in [2.75, 3.05) is 11.6 Å². The monoisotopic (exact) mass is 164 g/mol. The van der Waals surface area contributed by atoms with Crippen molar-refractivity contribution in [2.45, 2.75) is 0 Å². The highest BCUT2D eigenvalue weighted by Gasteiger charge is 2.21. The Balaban J connectivity index is 2.48. The summed E-state index contributed by atoms with van der Waals surface area (Å²) in [5.74, 6) is 5.92. The van der Waals surface area contributed by atoms with Crippen LogP contribution in [-0.2, 0) is 4.79 Å². The predicted molar refractivity (Wildman–Crippen MR) is 43.6 cm³/mol. The van der Waals surface area contributed by atoms with Crippen LogP contribution in [0, 0.1) is 0 Å². The summed E-state index contributed by atoms with van der Waals surface area (Å²) in [7, 11) is 0. The van der Waals surface area contributed by atoms with E-state index < -0.39 is 0 Å². The van der Waals surface area contributed by atoms with E-state index in [1.54, 1.807) is 18.2 Å². The number of anilines is 1. The molecule has 1 heterocycles. The van der Waals surface area contributed by atoms with Crippen LogP contribution in [0.25, 0.3) is 0 Å². The summed E-state index contributed by atoms with van der Waals surface area (Å²) >= 11 is 0. The Hall–Kier alpha value is -1.55. The van der Waals surface area contributed by atoms with Crippen molar-refractivity contribution < 1.29 is 9.53 Å². The van der Waals surface area contributed by atoms with Crippen molar-refractivity contribution in [1.82, 2.24) is 0 Å². The summed E-state index contributed by atoms with van der Waals surface area (Å²) in [4.78, 5) is 11.0. The number of carbonyl (C=O) groups is 1. The molecule has 62 valence electrons. The summed E-state index contributed by atoms with van der Waals surface area (Å²) in [5, 5.41) is 1.11. The first-order valence-electron chi connectivity index (χ1n) is 3.58. The first kappa shape index (κ1) is 7.12. The molecule has 1 amide bonds. The summed E-state index contributed by atoms with van der Waals surface area (Å²) in [6.45, 7) is 0.0213. The number of ether oxygens (including phenoxy) is 1. The second-order valence-corrected chi connectivity index (χ2v) is 2.52. The van der Waals surface area contributed by atoms with Crippen LogP contribution in [0.2, 0.25) is 0 Å². The van der Waals surface area contributed by atoms with E-state index in [2.05, 4.69) is 0 Å². The molecule has 0 saturated carbocycles. The first-order chi connectivity index (χ1) is 5.79. The third-order valence-corrected chi connectivity index (χ3v) is 1.74. The summed E-state index contributed by atoms with van der Waals surface area (Å²) in [6.07, 6.45) is 0. The Labute approximate surface area is 69.5 Å². The minimum absolute atomic E-state index is 0.0213. The Kier molecular flexibility index (Phi) is 1.48. The van der Waals surface area contributed by atoms with E-state index in [4.69, 9.17) is 10.6 Å². The number of hydrogen-bond donors (Lipinski definition) is 1. The van der Waals surface area contributed by atoms with E-state index in [1.807, 2.05) is 6.07 Å². The zero-order valence-electron chi connectivity index (χ0n) is 6.36. The number of amides is 1. The molecule has 2 N–H and O–H groups in total. The number of para-hydroxylation sites is 2. The molecule has 4 nitrogen and oxygen atoms in total. The van der Waals surface area contributed by atoms with Gasteiger partial charge >= 0.3 is 0 Å². The van der Waals surface area contributed by atoms with Gasteiger partial charge in [0.25, 0.3) is 5.91 Å². The fraction of sp³-hybridized carbons (Fsp3) is 0.125. The second kappa shape index (κ2) is 2.49. The maximum Gasteiger partial charge on any atom is 0.279 e. The number of nitrogens with two attached hydrogens (primary N) is 1. The van der Waals surface area contributed by atoms with E-state index in [-0.39, 0.29) is 12.5 Å². The highest BCUT2D eigenvalue weighted by molar-refractivity contribution is 5.96. The third kappa shape index (κ3) is 0.931. The molecule has 0 fully saturated rings. The third-order valence-electron chi connectivity index (χ3n) is 1.74. The van der Waals surface area contributed by atoms with Gasteiger partial charge in [-0.1, -0.05) is 12.1 Å². The minimum atomic E-state index is -0.228. The van der Waals surface area contributed by atoms with Crippen LogP contribution in [0.15, 0.2) is 24.3 Å². The quantitative estimate of drug-likeness (QED) is 0.442. The van der Waals surface area contributed by atoms with Crippen LogP contribution >= 0.6 is 0 Å². The van der Waals surface area contributed by atoms with E-state index in [0.717, 1.165) is 5.01 Å². The maximum absolute atomic E-state index is 11.0. The lowest BCUT2D eigenvalue weighted by Gasteiger charge is -2.24. The molecule has 0 saturated heterocycles. The molecule has 4 heteroatoms. The number of nitrogens with zero attached hydrogens (tertiary/aromatic N) is 1. The van der Waals surface area contributed by atoms with Crippen LogP contribution in [0.5, 0.6) is 5.75 Å². The molecule has 0 bridgehead atoms. The number of hydrazine groups is 1. The van der Waals surface area contributed by atoms with Gasteiger partial charge in [-0.15, -0.1) is 0 Å². The summed E-state index contributed by atoms with van der Waals surface area (Å²) in [6, 6.07) is 7.16. The molecule has 1 aromatic carbocycles. The van der Waals surface area contributed by atoms with Crippen LogP contribution in [0.4, 0.5) is 5.69 Å². The molecule has 1 aliphatic rings. The van der Waals surface area contributed by atoms with E-state index >= 15 is 0 Å². The van der Waals surface area contributed by atoms with Gasteiger partial charge in [0, 0.05) is 0 Å². The van der Waals surface area contributed by atoms with Crippen molar-refractivity contribution in [3.05, 3.63) is 24.3 Å². The highest BCUT2D eigenvalue weighted by atomic mass is 16.5. The molecule has 0 aromatic heterocycles. The molecular formula is C8H8N2O2. The standard InChI is InChI=1S/C8H8N2O2/c9-10-6-3-1-2-4-7(6)12-5-8(10)11/h1-4H,5,9H2. The normalized spacial score (nSPS) is 15.4. The van der Waals surface area contributed by atoms with Gasteiger partial charge in [0.05, 0.1) is 0 Å². The van der Waals surface area contributed by atoms with Crippen molar-refractivity contribution in [2.24, 2.45) is 5.84 Å². The number of rotatable bonds is 0. The molecule has 12 heavy (non-hydrogen) atoms. The van der Waals surface area contributed by atoms with Crippen molar-refractivity contribution in [1.29, 1.82) is 0 Å². The fourth-order valence-corrected chi connectivity index (χ4v) is 1.12. The van der Waals surface area contributed by atoms with E-state index in [9.17, 15) is 4.79 Å². The molecule has 2 rings (SSSR count). The van der Waals surface area contributed by atoms with Crippen LogP contribution in [0.1, 0.15) is 0 Å². The van der Waals surface area contributed by atoms with Crippen LogP contribution in [0.3, 0.4) is 0 Å². The van der Waals surface area contributed by atoms with Crippen molar-refractivity contribution in [3.8, 4) is 5.75 Å². The lowest BCUT2D eigenvalue weighted by Crippen LogP contribution is -2.43. The lowest BCUT2D eigenvalue weighted by atomic mass is 10.2. The van der Waals surface area contributed by atoms with E-state index in [1.165, 1.54) is 0 Å². The van der Waals surface area contributed by atoms with Gasteiger partial charge in [0.15, 0.2) is 6.61 Å². The van der Waals surface area contributed by atoms with Gasteiger partial charge in [-0.2, -0.15) is 0 Å². The molecule has 0 spiro atoms. The topological polar surface area (TPSA) is 55.6 Å². The van der Waals surface area contributed by atoms with E-state index in [0.29, 0.717) is 11.4 Å². The fourth-order valence-electron chi connectivity index (χ4n) is 1.12. The predicted octanol–water partition coefficient (Wildman–Crippen LogP) is 0.286. The van der Waals surface area contributed by atoms with Gasteiger partial charge in [-0.25, -0.2) is 10.9 Å². The Morgan fingerprint density at radius 3 is 3.00 bits per heavy atom. The largest absolute Gasteiger partial charge is 0.481 e. The number of carbonyl (C=O) groups excluding carboxylic acids is 1. The molecule has 1 aromatic rings. The SMILES string of the molecule is NN1C(=O)COc2ccccc21. The first-order valence-corrected chi connectivity index (χ1v) is 3.58. The molecule has 1 aliphatic heterocycles. The summed E-state index contributed by atoms with van der Waals surface area (Å²) < 4.78 is 5.13. The second-order valence-electron chi connectivity index (χ2n) is 2.52. The zero-order valence-corrected chi connectivity index (χ0v) is 6.36. The summed E-state index contributed by atoms with van der Waals surface area (Å²) in [5.41, 5.74) is 0.619. The smallest absolute Gasteiger partial charge is 0.279 e. The minimum Gasteiger partial charge on any atom is -0.481 e. The molecule has 0 aliphatic carbocycles. The average Bonchev–Trinajstić information content (AvgIpc) is 2.12. The van der Waals surface area contributed by atoms with Crippen molar-refractivity contribution >= 4 is 11.6 Å². The van der Waals surface area contributed by atoms with Gasteiger partial charge in [-0.3, -0.25) is 4.79 Å². The lowest BCUT2D eigenvalue weighted by molar-refractivity contribution is -0.121. The Morgan fingerprint density at radius 1 is 1.42 bits per heavy atom. The average molecular weight is 164 g/mol.